The van der Waals surface area contributed by atoms with Gasteiger partial charge in [-0.1, -0.05) is 22.9 Å². The highest BCUT2D eigenvalue weighted by molar-refractivity contribution is 9.10. The largest absolute Gasteiger partial charge is 0.598 e. The number of hydrogen-bond acceptors (Lipinski definition) is 2. The molecule has 1 aromatic carbocycles. The van der Waals surface area contributed by atoms with Crippen LogP contribution in [0.5, 0.6) is 0 Å². The number of benzene rings is 1. The Labute approximate surface area is 120 Å². The van der Waals surface area contributed by atoms with E-state index in [0.717, 1.165) is 4.47 Å². The number of nitrogens with one attached hydrogen (secondary N) is 1. The van der Waals surface area contributed by atoms with E-state index in [1.807, 2.05) is 27.7 Å². The van der Waals surface area contributed by atoms with Gasteiger partial charge in [0.15, 0.2) is 0 Å². The van der Waals surface area contributed by atoms with E-state index in [1.165, 1.54) is 6.07 Å². The van der Waals surface area contributed by atoms with Crippen LogP contribution >= 0.6 is 15.9 Å². The first-order valence-corrected chi connectivity index (χ1v) is 7.83. The van der Waals surface area contributed by atoms with Crippen LogP contribution in [0.3, 0.4) is 0 Å². The molecule has 0 saturated carbocycles. The molecule has 1 N–H and O–H groups in total. The molecule has 2 nitrogen and oxygen atoms in total. The molecule has 0 heterocycles. The first-order chi connectivity index (χ1) is 8.25. The van der Waals surface area contributed by atoms with Crippen LogP contribution in [0, 0.1) is 5.82 Å². The van der Waals surface area contributed by atoms with Crippen LogP contribution in [0.1, 0.15) is 45.7 Å². The molecule has 102 valence electrons. The maximum atomic E-state index is 13.8. The Morgan fingerprint density at radius 3 is 2.56 bits per heavy atom. The van der Waals surface area contributed by atoms with Gasteiger partial charge in [0.2, 0.25) is 0 Å². The first kappa shape index (κ1) is 16.0. The van der Waals surface area contributed by atoms with Crippen molar-refractivity contribution in [2.75, 3.05) is 0 Å². The fraction of sp³-hybridized carbons (Fsp3) is 0.538. The van der Waals surface area contributed by atoms with Crippen molar-refractivity contribution < 1.29 is 8.94 Å². The zero-order valence-electron chi connectivity index (χ0n) is 11.1. The summed E-state index contributed by atoms with van der Waals surface area (Å²) in [6.07, 6.45) is 0.676. The molecule has 0 aliphatic rings. The predicted molar refractivity (Wildman–Crippen MR) is 78.2 cm³/mol. The van der Waals surface area contributed by atoms with Gasteiger partial charge in [-0.3, -0.25) is 0 Å². The maximum Gasteiger partial charge on any atom is 0.136 e. The SMILES string of the molecule is CC[C@@H](N[S+]([O-])C(C)(C)C)c1cc(Br)ccc1F. The Morgan fingerprint density at radius 1 is 1.44 bits per heavy atom. The van der Waals surface area contributed by atoms with E-state index in [1.54, 1.807) is 12.1 Å². The number of hydrogen-bond donors (Lipinski definition) is 1. The van der Waals surface area contributed by atoms with Crippen molar-refractivity contribution in [3.05, 3.63) is 34.1 Å². The molecule has 0 aliphatic heterocycles. The maximum absolute atomic E-state index is 13.8. The van der Waals surface area contributed by atoms with Gasteiger partial charge in [-0.15, -0.1) is 4.72 Å². The summed E-state index contributed by atoms with van der Waals surface area (Å²) >= 11 is 2.11. The molecular formula is C13H19BrFNOS. The highest BCUT2D eigenvalue weighted by Crippen LogP contribution is 2.26. The normalized spacial score (nSPS) is 15.5. The monoisotopic (exact) mass is 335 g/mol. The first-order valence-electron chi connectivity index (χ1n) is 5.88. The summed E-state index contributed by atoms with van der Waals surface area (Å²) in [5, 5.41) is 0. The van der Waals surface area contributed by atoms with Crippen molar-refractivity contribution in [2.45, 2.75) is 44.9 Å². The summed E-state index contributed by atoms with van der Waals surface area (Å²) in [6.45, 7) is 7.61. The lowest BCUT2D eigenvalue weighted by Gasteiger charge is -2.27. The van der Waals surface area contributed by atoms with Crippen LogP contribution < -0.4 is 4.72 Å². The van der Waals surface area contributed by atoms with Crippen LogP contribution in [0.2, 0.25) is 0 Å². The molecule has 0 fully saturated rings. The Hall–Kier alpha value is -0.100. The molecule has 0 spiro atoms. The number of halogens is 2. The second-order valence-electron chi connectivity index (χ2n) is 5.13. The van der Waals surface area contributed by atoms with E-state index >= 15 is 0 Å². The lowest BCUT2D eigenvalue weighted by molar-refractivity contribution is 0.505. The zero-order valence-corrected chi connectivity index (χ0v) is 13.5. The van der Waals surface area contributed by atoms with E-state index in [-0.39, 0.29) is 16.6 Å². The Balaban J connectivity index is 2.93. The van der Waals surface area contributed by atoms with Gasteiger partial charge < -0.3 is 4.55 Å². The molecule has 1 rings (SSSR count). The minimum atomic E-state index is -1.21. The standard InChI is InChI=1S/C13H19BrFNOS/c1-5-12(16-18(17)13(2,3)4)10-8-9(14)6-7-11(10)15/h6-8,12,16H,5H2,1-4H3/t12-,18?/m1/s1. The van der Waals surface area contributed by atoms with Gasteiger partial charge >= 0.3 is 0 Å². The minimum Gasteiger partial charge on any atom is -0.598 e. The quantitative estimate of drug-likeness (QED) is 0.841. The Bertz CT molecular complexity index is 408. The third-order valence-electron chi connectivity index (χ3n) is 2.55. The lowest BCUT2D eigenvalue weighted by atomic mass is 10.1. The van der Waals surface area contributed by atoms with Gasteiger partial charge in [0, 0.05) is 21.4 Å². The van der Waals surface area contributed by atoms with Crippen molar-refractivity contribution in [1.82, 2.24) is 4.72 Å². The molecule has 0 aliphatic carbocycles. The summed E-state index contributed by atoms with van der Waals surface area (Å²) in [5.74, 6) is -0.275. The van der Waals surface area contributed by atoms with Gasteiger partial charge in [0.1, 0.15) is 10.6 Å². The second kappa shape index (κ2) is 6.37. The second-order valence-corrected chi connectivity index (χ2v) is 8.04. The Morgan fingerprint density at radius 2 is 2.06 bits per heavy atom. The molecule has 0 bridgehead atoms. The van der Waals surface area contributed by atoms with Crippen molar-refractivity contribution in [1.29, 1.82) is 0 Å². The number of rotatable bonds is 4. The minimum absolute atomic E-state index is 0.248. The molecule has 18 heavy (non-hydrogen) atoms. The smallest absolute Gasteiger partial charge is 0.136 e. The van der Waals surface area contributed by atoms with E-state index in [2.05, 4.69) is 20.7 Å². The van der Waals surface area contributed by atoms with E-state index in [0.29, 0.717) is 12.0 Å². The zero-order chi connectivity index (χ0) is 13.9. The molecule has 1 unspecified atom stereocenters. The Kier molecular flexibility index (Phi) is 5.65. The third kappa shape index (κ3) is 4.23. The molecular weight excluding hydrogens is 317 g/mol. The molecule has 0 aromatic heterocycles. The van der Waals surface area contributed by atoms with E-state index in [4.69, 9.17) is 0 Å². The van der Waals surface area contributed by atoms with Crippen molar-refractivity contribution >= 4 is 27.3 Å². The fourth-order valence-electron chi connectivity index (χ4n) is 1.45. The topological polar surface area (TPSA) is 35.1 Å². The lowest BCUT2D eigenvalue weighted by Crippen LogP contribution is -2.41. The predicted octanol–water partition coefficient (Wildman–Crippen LogP) is 4.09. The average molecular weight is 336 g/mol. The summed E-state index contributed by atoms with van der Waals surface area (Å²) in [4.78, 5) is 0. The average Bonchev–Trinajstić information content (AvgIpc) is 2.28. The summed E-state index contributed by atoms with van der Waals surface area (Å²) < 4.78 is 29.3. The highest BCUT2D eigenvalue weighted by Gasteiger charge is 2.30. The van der Waals surface area contributed by atoms with Crippen molar-refractivity contribution in [2.24, 2.45) is 0 Å². The van der Waals surface area contributed by atoms with Gasteiger partial charge in [-0.2, -0.15) is 0 Å². The van der Waals surface area contributed by atoms with Crippen molar-refractivity contribution in [3.8, 4) is 0 Å². The summed E-state index contributed by atoms with van der Waals surface area (Å²) in [5.41, 5.74) is 0.546. The van der Waals surface area contributed by atoms with Crippen LogP contribution in [-0.4, -0.2) is 9.30 Å². The van der Waals surface area contributed by atoms with Crippen LogP contribution in [0.25, 0.3) is 0 Å². The van der Waals surface area contributed by atoms with Gasteiger partial charge in [-0.25, -0.2) is 4.39 Å². The van der Waals surface area contributed by atoms with E-state index < -0.39 is 11.4 Å². The highest BCUT2D eigenvalue weighted by atomic mass is 79.9. The van der Waals surface area contributed by atoms with Crippen LogP contribution in [0.15, 0.2) is 22.7 Å². The molecule has 5 heteroatoms. The molecule has 0 radical (unpaired) electrons. The van der Waals surface area contributed by atoms with E-state index in [9.17, 15) is 8.94 Å². The molecule has 0 amide bonds. The summed E-state index contributed by atoms with van der Waals surface area (Å²) in [6, 6.07) is 4.56. The fourth-order valence-corrected chi connectivity index (χ4v) is 2.74. The molecule has 0 saturated heterocycles. The summed E-state index contributed by atoms with van der Waals surface area (Å²) in [7, 11) is 0. The van der Waals surface area contributed by atoms with Crippen LogP contribution in [0.4, 0.5) is 4.39 Å². The third-order valence-corrected chi connectivity index (χ3v) is 4.65. The molecule has 1 aromatic rings. The van der Waals surface area contributed by atoms with Crippen molar-refractivity contribution in [3.63, 3.8) is 0 Å². The van der Waals surface area contributed by atoms with Gasteiger partial charge in [-0.05, 0) is 45.4 Å². The molecule has 2 atom stereocenters. The van der Waals surface area contributed by atoms with Crippen LogP contribution in [-0.2, 0) is 11.4 Å². The van der Waals surface area contributed by atoms with Gasteiger partial charge in [0.25, 0.3) is 0 Å². The van der Waals surface area contributed by atoms with Gasteiger partial charge in [0.05, 0.1) is 6.04 Å².